The SMILES string of the molecule is C=C1/C(=C\C=C2/CCC[C@]3(C)[C@@H]([C@H](C)CCCC(C)(C)O)CC[C@@H]23)C[C@@H](O)C[C@@H]1O.[CaH2]. The number of allylic oxidation sites excluding steroid dienone is 3. The van der Waals surface area contributed by atoms with Gasteiger partial charge in [-0.3, -0.25) is 0 Å². The second kappa shape index (κ2) is 11.2. The molecule has 0 bridgehead atoms. The monoisotopic (exact) mass is 458 g/mol. The number of aliphatic hydroxyl groups excluding tert-OH is 2. The van der Waals surface area contributed by atoms with E-state index < -0.39 is 17.8 Å². The fraction of sp³-hybridized carbons (Fsp3) is 0.778. The van der Waals surface area contributed by atoms with Crippen molar-refractivity contribution in [3.05, 3.63) is 35.5 Å². The van der Waals surface area contributed by atoms with Crippen molar-refractivity contribution in [2.45, 2.75) is 110 Å². The molecule has 0 unspecified atom stereocenters. The number of hydrogen-bond acceptors (Lipinski definition) is 3. The van der Waals surface area contributed by atoms with Crippen molar-refractivity contribution in [3.8, 4) is 0 Å². The van der Waals surface area contributed by atoms with E-state index in [1.165, 1.54) is 38.5 Å². The Bertz CT molecular complexity index is 689. The van der Waals surface area contributed by atoms with Gasteiger partial charge in [0, 0.05) is 6.42 Å². The minimum atomic E-state index is -0.615. The van der Waals surface area contributed by atoms with Crippen LogP contribution in [0.1, 0.15) is 91.9 Å². The Morgan fingerprint density at radius 2 is 1.94 bits per heavy atom. The van der Waals surface area contributed by atoms with Crippen LogP contribution in [0.15, 0.2) is 35.5 Å². The van der Waals surface area contributed by atoms with Crippen LogP contribution in [0, 0.1) is 23.2 Å². The maximum atomic E-state index is 10.1. The van der Waals surface area contributed by atoms with Gasteiger partial charge in [0.15, 0.2) is 0 Å². The molecule has 0 radical (unpaired) electrons. The van der Waals surface area contributed by atoms with Gasteiger partial charge in [-0.2, -0.15) is 0 Å². The minimum absolute atomic E-state index is 0. The molecule has 0 heterocycles. The standard InChI is InChI=1S/C27H44O3.Ca.2H/c1-18(8-6-14-26(3,4)30)23-12-13-24-20(9-7-15-27(23,24)5)10-11-21-16-22(28)17-25(29)19(21)2;;;/h10-11,18,22-25,28-30H,2,6-9,12-17H2,1,3-5H3;;;/b20-10+,21-11-;;;/t18-,22-,23-,24+,25+,27-;;;/m1.../s1. The summed E-state index contributed by atoms with van der Waals surface area (Å²) in [6.07, 6.45) is 13.9. The van der Waals surface area contributed by atoms with Gasteiger partial charge in [-0.25, -0.2) is 0 Å². The molecule has 3 aliphatic carbocycles. The van der Waals surface area contributed by atoms with Crippen LogP contribution in [0.3, 0.4) is 0 Å². The number of rotatable bonds is 6. The Morgan fingerprint density at radius 3 is 2.61 bits per heavy atom. The van der Waals surface area contributed by atoms with Gasteiger partial charge in [0.05, 0.1) is 17.8 Å². The van der Waals surface area contributed by atoms with E-state index in [2.05, 4.69) is 32.6 Å². The van der Waals surface area contributed by atoms with Gasteiger partial charge >= 0.3 is 37.7 Å². The maximum absolute atomic E-state index is 10.1. The van der Waals surface area contributed by atoms with E-state index in [-0.39, 0.29) is 37.7 Å². The molecule has 3 fully saturated rings. The van der Waals surface area contributed by atoms with Gasteiger partial charge in [0.25, 0.3) is 0 Å². The van der Waals surface area contributed by atoms with E-state index in [0.29, 0.717) is 30.1 Å². The van der Waals surface area contributed by atoms with Gasteiger partial charge in [-0.15, -0.1) is 0 Å². The molecular formula is C27H46CaO3. The Kier molecular flexibility index (Phi) is 9.96. The summed E-state index contributed by atoms with van der Waals surface area (Å²) >= 11 is 0. The van der Waals surface area contributed by atoms with Gasteiger partial charge < -0.3 is 15.3 Å². The summed E-state index contributed by atoms with van der Waals surface area (Å²) in [6.45, 7) is 12.8. The van der Waals surface area contributed by atoms with Crippen molar-refractivity contribution in [1.82, 2.24) is 0 Å². The first-order valence-corrected chi connectivity index (χ1v) is 12.2. The number of aliphatic hydroxyl groups is 3. The first kappa shape index (κ1) is 27.6. The third kappa shape index (κ3) is 6.70. The van der Waals surface area contributed by atoms with E-state index in [4.69, 9.17) is 0 Å². The molecule has 6 atom stereocenters. The second-order valence-corrected chi connectivity index (χ2v) is 11.3. The first-order chi connectivity index (χ1) is 14.0. The molecule has 31 heavy (non-hydrogen) atoms. The summed E-state index contributed by atoms with van der Waals surface area (Å²) in [5.41, 5.74) is 3.17. The molecule has 0 saturated heterocycles. The zero-order valence-electron chi connectivity index (χ0n) is 19.7. The molecule has 3 N–H and O–H groups in total. The van der Waals surface area contributed by atoms with E-state index >= 15 is 0 Å². The second-order valence-electron chi connectivity index (χ2n) is 11.3. The van der Waals surface area contributed by atoms with Crippen LogP contribution < -0.4 is 0 Å². The topological polar surface area (TPSA) is 60.7 Å². The van der Waals surface area contributed by atoms with Crippen molar-refractivity contribution < 1.29 is 15.3 Å². The van der Waals surface area contributed by atoms with Crippen molar-refractivity contribution in [2.75, 3.05) is 0 Å². The summed E-state index contributed by atoms with van der Waals surface area (Å²) in [4.78, 5) is 0. The third-order valence-corrected chi connectivity index (χ3v) is 8.44. The quantitative estimate of drug-likeness (QED) is 0.502. The molecule has 0 aromatic heterocycles. The summed E-state index contributed by atoms with van der Waals surface area (Å²) in [7, 11) is 0. The summed E-state index contributed by atoms with van der Waals surface area (Å²) in [6, 6.07) is 0. The summed E-state index contributed by atoms with van der Waals surface area (Å²) < 4.78 is 0. The van der Waals surface area contributed by atoms with Crippen molar-refractivity contribution >= 4 is 37.7 Å². The summed E-state index contributed by atoms with van der Waals surface area (Å²) in [5, 5.41) is 30.2. The molecule has 0 aromatic rings. The molecule has 3 saturated carbocycles. The Morgan fingerprint density at radius 1 is 1.23 bits per heavy atom. The van der Waals surface area contributed by atoms with Gasteiger partial charge in [0.1, 0.15) is 0 Å². The predicted octanol–water partition coefficient (Wildman–Crippen LogP) is 4.79. The number of fused-ring (bicyclic) bond motifs is 1. The molecule has 3 aliphatic rings. The van der Waals surface area contributed by atoms with Crippen LogP contribution in [0.4, 0.5) is 0 Å². The van der Waals surface area contributed by atoms with Crippen LogP contribution in [0.2, 0.25) is 0 Å². The molecule has 0 aromatic carbocycles. The van der Waals surface area contributed by atoms with Crippen LogP contribution in [-0.2, 0) is 0 Å². The van der Waals surface area contributed by atoms with Gasteiger partial charge in [-0.1, -0.05) is 51.0 Å². The Labute approximate surface area is 220 Å². The zero-order chi connectivity index (χ0) is 22.1. The molecule has 3 nitrogen and oxygen atoms in total. The van der Waals surface area contributed by atoms with E-state index in [0.717, 1.165) is 29.9 Å². The molecule has 0 amide bonds. The van der Waals surface area contributed by atoms with Crippen LogP contribution in [-0.4, -0.2) is 70.9 Å². The average molecular weight is 459 g/mol. The Balaban J connectivity index is 0.00000341. The first-order valence-electron chi connectivity index (χ1n) is 12.2. The van der Waals surface area contributed by atoms with E-state index in [9.17, 15) is 15.3 Å². The van der Waals surface area contributed by atoms with E-state index in [1.54, 1.807) is 5.57 Å². The zero-order valence-corrected chi connectivity index (χ0v) is 19.7. The molecule has 0 spiro atoms. The fourth-order valence-corrected chi connectivity index (χ4v) is 6.74. The van der Waals surface area contributed by atoms with Crippen LogP contribution in [0.5, 0.6) is 0 Å². The molecule has 4 heteroatoms. The van der Waals surface area contributed by atoms with Crippen LogP contribution >= 0.6 is 0 Å². The third-order valence-electron chi connectivity index (χ3n) is 8.44. The van der Waals surface area contributed by atoms with Crippen molar-refractivity contribution in [2.24, 2.45) is 23.2 Å². The Hall–Kier alpha value is 0.360. The predicted molar refractivity (Wildman–Crippen MR) is 133 cm³/mol. The van der Waals surface area contributed by atoms with Crippen LogP contribution in [0.25, 0.3) is 0 Å². The average Bonchev–Trinajstić information content (AvgIpc) is 3.00. The molecule has 3 rings (SSSR count). The van der Waals surface area contributed by atoms with Crippen molar-refractivity contribution in [3.63, 3.8) is 0 Å². The van der Waals surface area contributed by atoms with E-state index in [1.807, 2.05) is 13.8 Å². The molecular weight excluding hydrogens is 412 g/mol. The van der Waals surface area contributed by atoms with Gasteiger partial charge in [0.2, 0.25) is 0 Å². The summed E-state index contributed by atoms with van der Waals surface area (Å²) in [5.74, 6) is 2.11. The molecule has 174 valence electrons. The normalized spacial score (nSPS) is 37.6. The molecule has 0 aliphatic heterocycles. The number of hydrogen-bond donors (Lipinski definition) is 3. The van der Waals surface area contributed by atoms with Gasteiger partial charge in [-0.05, 0) is 93.1 Å². The van der Waals surface area contributed by atoms with Crippen molar-refractivity contribution in [1.29, 1.82) is 0 Å². The fourth-order valence-electron chi connectivity index (χ4n) is 6.74.